The number of aryl methyl sites for hydroxylation is 4. The maximum atomic E-state index is 12.3. The molecule has 2 fully saturated rings. The molecule has 2 amide bonds. The van der Waals surface area contributed by atoms with Gasteiger partial charge >= 0.3 is 11.9 Å². The number of rotatable bonds is 5. The molecule has 13 heteroatoms. The zero-order chi connectivity index (χ0) is 37.7. The predicted octanol–water partition coefficient (Wildman–Crippen LogP) is 9.40. The van der Waals surface area contributed by atoms with Crippen molar-refractivity contribution in [1.82, 2.24) is 0 Å². The topological polar surface area (TPSA) is 121 Å². The minimum absolute atomic E-state index is 0. The number of aliphatic carboxylic acids is 1. The number of carboxylic acid groups (broad SMARTS) is 1. The summed E-state index contributed by atoms with van der Waals surface area (Å²) in [7, 11) is 0. The molecule has 0 bridgehead atoms. The number of ether oxygens (including phenoxy) is 1. The van der Waals surface area contributed by atoms with Crippen LogP contribution in [0, 0.1) is 39.5 Å². The Bertz CT molecular complexity index is 1740. The van der Waals surface area contributed by atoms with Gasteiger partial charge in [-0.1, -0.05) is 78.6 Å². The first-order chi connectivity index (χ1) is 23.2. The van der Waals surface area contributed by atoms with Crippen LogP contribution in [-0.2, 0) is 23.9 Å². The van der Waals surface area contributed by atoms with Gasteiger partial charge in [0.2, 0.25) is 11.8 Å². The minimum Gasteiger partial charge on any atom is -0.481 e. The second kappa shape index (κ2) is 18.2. The first-order valence-corrected chi connectivity index (χ1v) is 17.3. The summed E-state index contributed by atoms with van der Waals surface area (Å²) in [6, 6.07) is 14.6. The summed E-state index contributed by atoms with van der Waals surface area (Å²) in [5, 5.41) is 8.95. The minimum atomic E-state index is -0.896. The molecule has 3 aromatic rings. The molecule has 9 nitrogen and oxygen atoms in total. The van der Waals surface area contributed by atoms with Crippen LogP contribution in [0.1, 0.15) is 73.7 Å². The standard InChI is InChI=1S/C17H23NO3.C13H15NO3.C7H2Cl4O.CH4/c1-11-7-6-8-12(2)15(11)18-10-13(9-14(18)19)16(20)21-17(3,4)5;1-8-4-3-5-9(2)12(8)14-7-10(13(16)17)6-11(14)15;8-3-1-4(9)6(7(11)12)5(10)2-3;/h6-8,13H,9-10H2,1-5H3;3-5,10H,6-7H2,1-2H3,(H,16,17);1-2H;1H4. The molecule has 0 spiro atoms. The van der Waals surface area contributed by atoms with Crippen molar-refractivity contribution in [3.63, 3.8) is 0 Å². The number of carbonyl (C=O) groups is 5. The Hall–Kier alpha value is -3.63. The fraction of sp³-hybridized carbons (Fsp3) is 0.395. The van der Waals surface area contributed by atoms with Gasteiger partial charge in [0.15, 0.2) is 0 Å². The highest BCUT2D eigenvalue weighted by atomic mass is 35.5. The van der Waals surface area contributed by atoms with Gasteiger partial charge in [0.25, 0.3) is 5.24 Å². The van der Waals surface area contributed by atoms with E-state index in [0.717, 1.165) is 33.6 Å². The molecule has 2 aliphatic heterocycles. The lowest BCUT2D eigenvalue weighted by Crippen LogP contribution is -2.31. The molecule has 0 aromatic heterocycles. The number of para-hydroxylation sites is 2. The summed E-state index contributed by atoms with van der Waals surface area (Å²) < 4.78 is 5.40. The van der Waals surface area contributed by atoms with Crippen LogP contribution >= 0.6 is 46.4 Å². The van der Waals surface area contributed by atoms with Crippen LogP contribution in [0.4, 0.5) is 11.4 Å². The van der Waals surface area contributed by atoms with Crippen molar-refractivity contribution in [3.05, 3.63) is 91.4 Å². The summed E-state index contributed by atoms with van der Waals surface area (Å²) in [4.78, 5) is 61.3. The van der Waals surface area contributed by atoms with Crippen molar-refractivity contribution in [3.8, 4) is 0 Å². The van der Waals surface area contributed by atoms with Crippen molar-refractivity contribution < 1.29 is 33.8 Å². The highest BCUT2D eigenvalue weighted by Gasteiger charge is 2.38. The largest absolute Gasteiger partial charge is 0.481 e. The Morgan fingerprint density at radius 2 is 1.12 bits per heavy atom. The first kappa shape index (κ1) is 43.5. The van der Waals surface area contributed by atoms with Crippen molar-refractivity contribution in [2.75, 3.05) is 22.9 Å². The smallest absolute Gasteiger partial charge is 0.311 e. The third-order valence-electron chi connectivity index (χ3n) is 7.96. The SMILES string of the molecule is C.Cc1cccc(C)c1N1CC(C(=O)O)CC1=O.Cc1cccc(C)c1N1CC(C(=O)OC(C)(C)C)CC1=O.O=C(Cl)c1c(Cl)cc(Cl)cc1Cl. The lowest BCUT2D eigenvalue weighted by atomic mass is 10.1. The van der Waals surface area contributed by atoms with Crippen molar-refractivity contribution in [2.24, 2.45) is 11.8 Å². The monoisotopic (exact) mass is 780 g/mol. The lowest BCUT2D eigenvalue weighted by molar-refractivity contribution is -0.159. The molecule has 51 heavy (non-hydrogen) atoms. The van der Waals surface area contributed by atoms with Gasteiger partial charge in [-0.15, -0.1) is 0 Å². The first-order valence-electron chi connectivity index (χ1n) is 15.7. The average Bonchev–Trinajstić information content (AvgIpc) is 3.55. The molecule has 1 N–H and O–H groups in total. The van der Waals surface area contributed by atoms with E-state index < -0.39 is 22.7 Å². The Morgan fingerprint density at radius 3 is 1.45 bits per heavy atom. The van der Waals surface area contributed by atoms with Crippen LogP contribution in [-0.4, -0.2) is 52.8 Å². The Labute approximate surface area is 319 Å². The molecule has 2 saturated heterocycles. The number of anilines is 2. The number of halogens is 4. The summed E-state index contributed by atoms with van der Waals surface area (Å²) in [6.45, 7) is 14.0. The molecule has 3 aromatic carbocycles. The number of hydrogen-bond acceptors (Lipinski definition) is 6. The van der Waals surface area contributed by atoms with Gasteiger partial charge < -0.3 is 19.6 Å². The molecule has 0 saturated carbocycles. The number of carboxylic acids is 1. The summed E-state index contributed by atoms with van der Waals surface area (Å²) in [6.07, 6.45) is 0.325. The second-order valence-corrected chi connectivity index (χ2v) is 14.8. The molecular formula is C38H44Cl4N2O7. The van der Waals surface area contributed by atoms with Crippen molar-refractivity contribution in [1.29, 1.82) is 0 Å². The van der Waals surface area contributed by atoms with Gasteiger partial charge in [0.05, 0.1) is 27.4 Å². The number of carbonyl (C=O) groups excluding carboxylic acids is 4. The van der Waals surface area contributed by atoms with Crippen LogP contribution in [0.3, 0.4) is 0 Å². The number of esters is 1. The fourth-order valence-electron chi connectivity index (χ4n) is 5.75. The Kier molecular flexibility index (Phi) is 15.6. The van der Waals surface area contributed by atoms with Gasteiger partial charge in [0, 0.05) is 42.3 Å². The van der Waals surface area contributed by atoms with Crippen molar-refractivity contribution in [2.45, 2.75) is 74.3 Å². The van der Waals surface area contributed by atoms with E-state index >= 15 is 0 Å². The molecule has 0 aliphatic carbocycles. The van der Waals surface area contributed by atoms with E-state index in [0.29, 0.717) is 11.6 Å². The van der Waals surface area contributed by atoms with Crippen LogP contribution < -0.4 is 9.80 Å². The molecule has 2 unspecified atom stereocenters. The van der Waals surface area contributed by atoms with E-state index in [1.165, 1.54) is 12.1 Å². The van der Waals surface area contributed by atoms with Crippen LogP contribution in [0.5, 0.6) is 0 Å². The van der Waals surface area contributed by atoms with Crippen molar-refractivity contribution >= 4 is 86.8 Å². The zero-order valence-corrected chi connectivity index (χ0v) is 31.9. The maximum absolute atomic E-state index is 12.3. The van der Waals surface area contributed by atoms with E-state index in [4.69, 9.17) is 56.2 Å². The lowest BCUT2D eigenvalue weighted by Gasteiger charge is -2.23. The van der Waals surface area contributed by atoms with Crippen LogP contribution in [0.15, 0.2) is 48.5 Å². The molecule has 2 heterocycles. The van der Waals surface area contributed by atoms with E-state index in [-0.39, 0.29) is 66.1 Å². The Balaban J connectivity index is 0.000000272. The third-order valence-corrected chi connectivity index (χ3v) is 8.97. The predicted molar refractivity (Wildman–Crippen MR) is 205 cm³/mol. The maximum Gasteiger partial charge on any atom is 0.311 e. The van der Waals surface area contributed by atoms with E-state index in [2.05, 4.69) is 0 Å². The van der Waals surface area contributed by atoms with Gasteiger partial charge in [-0.05, 0) is 94.5 Å². The molecule has 276 valence electrons. The Morgan fingerprint density at radius 1 is 0.745 bits per heavy atom. The molecule has 2 aliphatic rings. The quantitative estimate of drug-likeness (QED) is 0.202. The van der Waals surface area contributed by atoms with Crippen LogP contribution in [0.2, 0.25) is 15.1 Å². The van der Waals surface area contributed by atoms with E-state index in [9.17, 15) is 24.0 Å². The van der Waals surface area contributed by atoms with Crippen LogP contribution in [0.25, 0.3) is 0 Å². The van der Waals surface area contributed by atoms with E-state index in [1.54, 1.807) is 9.80 Å². The highest BCUT2D eigenvalue weighted by molar-refractivity contribution is 6.70. The molecule has 0 radical (unpaired) electrons. The summed E-state index contributed by atoms with van der Waals surface area (Å²) >= 11 is 22.1. The average molecular weight is 783 g/mol. The summed E-state index contributed by atoms with van der Waals surface area (Å²) in [5.41, 5.74) is 5.46. The highest BCUT2D eigenvalue weighted by Crippen LogP contribution is 2.33. The number of amides is 2. The zero-order valence-electron chi connectivity index (χ0n) is 28.9. The van der Waals surface area contributed by atoms with E-state index in [1.807, 2.05) is 84.9 Å². The molecular weight excluding hydrogens is 738 g/mol. The normalized spacial score (nSPS) is 16.8. The van der Waals surface area contributed by atoms with Gasteiger partial charge in [-0.2, -0.15) is 0 Å². The third kappa shape index (κ3) is 11.4. The molecule has 5 rings (SSSR count). The fourth-order valence-corrected chi connectivity index (χ4v) is 7.04. The van der Waals surface area contributed by atoms with Gasteiger partial charge in [-0.3, -0.25) is 24.0 Å². The second-order valence-electron chi connectivity index (χ2n) is 13.2. The van der Waals surface area contributed by atoms with Gasteiger partial charge in [0.1, 0.15) is 5.60 Å². The summed E-state index contributed by atoms with van der Waals surface area (Å²) in [5.74, 6) is -2.26. The number of hydrogen-bond donors (Lipinski definition) is 1. The number of benzene rings is 3. The number of nitrogens with zero attached hydrogens (tertiary/aromatic N) is 2. The van der Waals surface area contributed by atoms with Gasteiger partial charge in [-0.25, -0.2) is 0 Å². The molecule has 2 atom stereocenters.